The summed E-state index contributed by atoms with van der Waals surface area (Å²) in [6, 6.07) is 7.73. The highest BCUT2D eigenvalue weighted by atomic mass is 79.9. The molecule has 1 N–H and O–H groups in total. The molecule has 0 heterocycles. The minimum atomic E-state index is 0.00650. The molecule has 3 nitrogen and oxygen atoms in total. The lowest BCUT2D eigenvalue weighted by atomic mass is 10.1. The van der Waals surface area contributed by atoms with Crippen molar-refractivity contribution in [3.63, 3.8) is 0 Å². The topological polar surface area (TPSA) is 38.3 Å². The molecule has 0 aliphatic rings. The average molecular weight is 312 g/mol. The Labute approximate surface area is 116 Å². The van der Waals surface area contributed by atoms with Gasteiger partial charge >= 0.3 is 0 Å². The first-order valence-corrected chi connectivity index (χ1v) is 6.60. The monoisotopic (exact) mass is 311 g/mol. The van der Waals surface area contributed by atoms with Gasteiger partial charge in [-0.1, -0.05) is 40.2 Å². The van der Waals surface area contributed by atoms with E-state index < -0.39 is 0 Å². The quantitative estimate of drug-likeness (QED) is 0.621. The first kappa shape index (κ1) is 14.9. The number of carbonyl (C=O) groups is 1. The fraction of sp³-hybridized carbons (Fsp3) is 0.357. The van der Waals surface area contributed by atoms with Crippen LogP contribution in [0.1, 0.15) is 12.5 Å². The van der Waals surface area contributed by atoms with E-state index in [1.54, 1.807) is 0 Å². The second-order valence-corrected chi connectivity index (χ2v) is 5.08. The summed E-state index contributed by atoms with van der Waals surface area (Å²) in [5.41, 5.74) is 1.97. The van der Waals surface area contributed by atoms with Crippen molar-refractivity contribution in [2.24, 2.45) is 0 Å². The van der Waals surface area contributed by atoms with E-state index >= 15 is 0 Å². The third kappa shape index (κ3) is 6.57. The van der Waals surface area contributed by atoms with Gasteiger partial charge in [0.05, 0.1) is 19.6 Å². The third-order valence-corrected chi connectivity index (χ3v) is 2.66. The SMILES string of the molecule is C=C(C)COCCNC(=O)Cc1cccc(Br)c1. The van der Waals surface area contributed by atoms with Crippen molar-refractivity contribution in [3.8, 4) is 0 Å². The number of hydrogen-bond donors (Lipinski definition) is 1. The molecule has 0 atom stereocenters. The van der Waals surface area contributed by atoms with Crippen LogP contribution in [0.3, 0.4) is 0 Å². The van der Waals surface area contributed by atoms with Gasteiger partial charge in [0.15, 0.2) is 0 Å². The van der Waals surface area contributed by atoms with Crippen LogP contribution in [0.4, 0.5) is 0 Å². The lowest BCUT2D eigenvalue weighted by Gasteiger charge is -2.06. The molecule has 1 aromatic rings. The molecule has 0 fully saturated rings. The molecule has 0 spiro atoms. The van der Waals surface area contributed by atoms with Gasteiger partial charge in [-0.05, 0) is 24.6 Å². The minimum Gasteiger partial charge on any atom is -0.375 e. The Hall–Kier alpha value is -1.13. The number of amides is 1. The molecule has 18 heavy (non-hydrogen) atoms. The van der Waals surface area contributed by atoms with Gasteiger partial charge in [-0.3, -0.25) is 4.79 Å². The predicted molar refractivity (Wildman–Crippen MR) is 76.5 cm³/mol. The van der Waals surface area contributed by atoms with Gasteiger partial charge in [0, 0.05) is 11.0 Å². The van der Waals surface area contributed by atoms with Crippen molar-refractivity contribution < 1.29 is 9.53 Å². The average Bonchev–Trinajstić information content (AvgIpc) is 2.28. The summed E-state index contributed by atoms with van der Waals surface area (Å²) in [5, 5.41) is 2.82. The van der Waals surface area contributed by atoms with Crippen molar-refractivity contribution in [3.05, 3.63) is 46.5 Å². The standard InChI is InChI=1S/C14H18BrNO2/c1-11(2)10-18-7-6-16-14(17)9-12-4-3-5-13(15)8-12/h3-5,8H,1,6-7,9-10H2,2H3,(H,16,17). The molecule has 1 rings (SSSR count). The van der Waals surface area contributed by atoms with Crippen LogP contribution in [-0.4, -0.2) is 25.7 Å². The molecule has 0 saturated heterocycles. The molecule has 0 bridgehead atoms. The van der Waals surface area contributed by atoms with Gasteiger partial charge in [-0.25, -0.2) is 0 Å². The van der Waals surface area contributed by atoms with Gasteiger partial charge in [0.2, 0.25) is 5.91 Å². The maximum Gasteiger partial charge on any atom is 0.224 e. The molecule has 98 valence electrons. The van der Waals surface area contributed by atoms with Crippen molar-refractivity contribution in [2.75, 3.05) is 19.8 Å². The Balaban J connectivity index is 2.20. The minimum absolute atomic E-state index is 0.00650. The summed E-state index contributed by atoms with van der Waals surface area (Å²) in [6.45, 7) is 7.23. The molecule has 0 aliphatic heterocycles. The number of ether oxygens (including phenoxy) is 1. The van der Waals surface area contributed by atoms with Crippen LogP contribution < -0.4 is 5.32 Å². The molecule has 0 radical (unpaired) electrons. The molecule has 0 unspecified atom stereocenters. The summed E-state index contributed by atoms with van der Waals surface area (Å²) in [6.07, 6.45) is 0.389. The summed E-state index contributed by atoms with van der Waals surface area (Å²) in [7, 11) is 0. The first-order valence-electron chi connectivity index (χ1n) is 5.81. The highest BCUT2D eigenvalue weighted by Crippen LogP contribution is 2.11. The number of benzene rings is 1. The Morgan fingerprint density at radius 2 is 2.28 bits per heavy atom. The van der Waals surface area contributed by atoms with Crippen LogP contribution in [-0.2, 0) is 16.0 Å². The summed E-state index contributed by atoms with van der Waals surface area (Å²) in [4.78, 5) is 11.6. The maximum absolute atomic E-state index is 11.6. The fourth-order valence-electron chi connectivity index (χ4n) is 1.40. The number of rotatable bonds is 7. The lowest BCUT2D eigenvalue weighted by Crippen LogP contribution is -2.28. The number of carbonyl (C=O) groups excluding carboxylic acids is 1. The molecule has 1 amide bonds. The Kier molecular flexibility index (Phi) is 6.68. The van der Waals surface area contributed by atoms with Crippen LogP contribution in [0.25, 0.3) is 0 Å². The second-order valence-electron chi connectivity index (χ2n) is 4.17. The number of hydrogen-bond acceptors (Lipinski definition) is 2. The van der Waals surface area contributed by atoms with E-state index in [1.807, 2.05) is 31.2 Å². The van der Waals surface area contributed by atoms with E-state index in [2.05, 4.69) is 27.8 Å². The van der Waals surface area contributed by atoms with Crippen LogP contribution in [0.2, 0.25) is 0 Å². The van der Waals surface area contributed by atoms with Crippen molar-refractivity contribution >= 4 is 21.8 Å². The molecule has 4 heteroatoms. The van der Waals surface area contributed by atoms with Gasteiger partial charge in [-0.2, -0.15) is 0 Å². The van der Waals surface area contributed by atoms with Crippen LogP contribution in [0.5, 0.6) is 0 Å². The van der Waals surface area contributed by atoms with Crippen LogP contribution in [0, 0.1) is 0 Å². The van der Waals surface area contributed by atoms with E-state index in [9.17, 15) is 4.79 Å². The van der Waals surface area contributed by atoms with Crippen molar-refractivity contribution in [1.29, 1.82) is 0 Å². The van der Waals surface area contributed by atoms with Crippen molar-refractivity contribution in [2.45, 2.75) is 13.3 Å². The second kappa shape index (κ2) is 8.06. The van der Waals surface area contributed by atoms with E-state index in [0.29, 0.717) is 26.2 Å². The van der Waals surface area contributed by atoms with Gasteiger partial charge in [-0.15, -0.1) is 0 Å². The highest BCUT2D eigenvalue weighted by Gasteiger charge is 2.02. The molecular formula is C14H18BrNO2. The van der Waals surface area contributed by atoms with E-state index in [4.69, 9.17) is 4.74 Å². The largest absolute Gasteiger partial charge is 0.375 e. The van der Waals surface area contributed by atoms with Crippen molar-refractivity contribution in [1.82, 2.24) is 5.32 Å². The number of nitrogens with one attached hydrogen (secondary N) is 1. The van der Waals surface area contributed by atoms with E-state index in [-0.39, 0.29) is 5.91 Å². The van der Waals surface area contributed by atoms with Gasteiger partial charge in [0.25, 0.3) is 0 Å². The van der Waals surface area contributed by atoms with Crippen LogP contribution in [0.15, 0.2) is 40.9 Å². The first-order chi connectivity index (χ1) is 8.58. The predicted octanol–water partition coefficient (Wildman–Crippen LogP) is 2.70. The Bertz CT molecular complexity index is 418. The smallest absolute Gasteiger partial charge is 0.224 e. The molecule has 0 aromatic heterocycles. The van der Waals surface area contributed by atoms with Gasteiger partial charge in [0.1, 0.15) is 0 Å². The third-order valence-electron chi connectivity index (χ3n) is 2.17. The van der Waals surface area contributed by atoms with E-state index in [1.165, 1.54) is 0 Å². The molecule has 0 aliphatic carbocycles. The number of halogens is 1. The lowest BCUT2D eigenvalue weighted by molar-refractivity contribution is -0.120. The summed E-state index contributed by atoms with van der Waals surface area (Å²) >= 11 is 3.38. The summed E-state index contributed by atoms with van der Waals surface area (Å²) < 4.78 is 6.28. The summed E-state index contributed by atoms with van der Waals surface area (Å²) in [5.74, 6) is 0.00650. The van der Waals surface area contributed by atoms with Gasteiger partial charge < -0.3 is 10.1 Å². The normalized spacial score (nSPS) is 10.1. The molecular weight excluding hydrogens is 294 g/mol. The zero-order valence-corrected chi connectivity index (χ0v) is 12.1. The Morgan fingerprint density at radius 1 is 1.50 bits per heavy atom. The van der Waals surface area contributed by atoms with E-state index in [0.717, 1.165) is 15.6 Å². The van der Waals surface area contributed by atoms with Crippen LogP contribution >= 0.6 is 15.9 Å². The maximum atomic E-state index is 11.6. The zero-order valence-electron chi connectivity index (χ0n) is 10.5. The fourth-order valence-corrected chi connectivity index (χ4v) is 1.85. The highest BCUT2D eigenvalue weighted by molar-refractivity contribution is 9.10. The molecule has 1 aromatic carbocycles. The zero-order chi connectivity index (χ0) is 13.4. The Morgan fingerprint density at radius 3 is 2.94 bits per heavy atom. The molecule has 0 saturated carbocycles.